The summed E-state index contributed by atoms with van der Waals surface area (Å²) in [4.78, 5) is 18.1. The predicted molar refractivity (Wildman–Crippen MR) is 133 cm³/mol. The molecule has 0 unspecified atom stereocenters. The molecule has 0 spiro atoms. The van der Waals surface area contributed by atoms with Crippen molar-refractivity contribution >= 4 is 55.6 Å². The van der Waals surface area contributed by atoms with Crippen LogP contribution < -0.4 is 16.0 Å². The highest BCUT2D eigenvalue weighted by Crippen LogP contribution is 2.35. The molecule has 4 aromatic rings. The number of aromatic nitrogens is 6. The first kappa shape index (κ1) is 21.0. The average Bonchev–Trinajstić information content (AvgIpc) is 3.51. The Hall–Kier alpha value is -3.60. The molecule has 11 nitrogen and oxygen atoms in total. The highest BCUT2D eigenvalue weighted by molar-refractivity contribution is 6.39. The smallest absolute Gasteiger partial charge is 0.257 e. The number of benzene rings is 1. The highest BCUT2D eigenvalue weighted by atomic mass is 16.5. The number of carbonyl (C=O) groups excluding carboxylic acids is 1. The van der Waals surface area contributed by atoms with Crippen LogP contribution in [0.5, 0.6) is 0 Å². The highest BCUT2D eigenvalue weighted by Gasteiger charge is 2.36. The number of nitrogens with zero attached hydrogens (tertiary/aromatic N) is 6. The fraction of sp³-hybridized carbons (Fsp3) is 0.381. The minimum atomic E-state index is -0.610. The van der Waals surface area contributed by atoms with Crippen molar-refractivity contribution in [3.63, 3.8) is 0 Å². The summed E-state index contributed by atoms with van der Waals surface area (Å²) >= 11 is 0. The number of rotatable bonds is 1. The molecule has 1 amide bonds. The topological polar surface area (TPSA) is 123 Å². The van der Waals surface area contributed by atoms with Gasteiger partial charge < -0.3 is 20.7 Å². The van der Waals surface area contributed by atoms with Crippen molar-refractivity contribution in [1.82, 2.24) is 34.9 Å². The van der Waals surface area contributed by atoms with Crippen LogP contribution in [-0.4, -0.2) is 70.4 Å². The van der Waals surface area contributed by atoms with Crippen LogP contribution >= 0.6 is 0 Å². The summed E-state index contributed by atoms with van der Waals surface area (Å²) in [5.41, 5.74) is 4.28. The van der Waals surface area contributed by atoms with Crippen molar-refractivity contribution in [3.8, 4) is 0 Å². The number of carbonyl (C=O) groups is 1. The summed E-state index contributed by atoms with van der Waals surface area (Å²) in [6, 6.07) is 5.86. The van der Waals surface area contributed by atoms with Gasteiger partial charge in [-0.25, -0.2) is 9.67 Å². The number of aryl methyl sites for hydroxylation is 1. The van der Waals surface area contributed by atoms with Gasteiger partial charge in [-0.15, -0.1) is 5.10 Å². The molecule has 3 aromatic heterocycles. The molecule has 2 atom stereocenters. The molecule has 2 aliphatic rings. The van der Waals surface area contributed by atoms with E-state index in [0.717, 1.165) is 41.5 Å². The van der Waals surface area contributed by atoms with Gasteiger partial charge in [-0.1, -0.05) is 5.21 Å². The maximum atomic E-state index is 13.3. The second-order valence-corrected chi connectivity index (χ2v) is 9.48. The van der Waals surface area contributed by atoms with Gasteiger partial charge in [0.15, 0.2) is 5.65 Å². The minimum absolute atomic E-state index is 0.0885. The summed E-state index contributed by atoms with van der Waals surface area (Å²) in [6.07, 6.45) is 4.19. The largest absolute Gasteiger partial charge is 0.383 e. The van der Waals surface area contributed by atoms with Crippen LogP contribution in [0.3, 0.4) is 0 Å². The number of nitrogens with one attached hydrogen (secondary N) is 3. The molecule has 1 fully saturated rings. The SMILES string of the molecule is BC1(B)O[C@H]2CCC[C@H]2NC(=O)c2cnn3c(NC)cc(nc23)Nc2cc1cc1nnn(C)c21. The number of anilines is 3. The molecule has 172 valence electrons. The number of hydrogen-bond acceptors (Lipinski definition) is 8. The fourth-order valence-corrected chi connectivity index (χ4v) is 5.07. The molecule has 34 heavy (non-hydrogen) atoms. The predicted octanol–water partition coefficient (Wildman–Crippen LogP) is -0.146. The molecule has 13 heteroatoms. The van der Waals surface area contributed by atoms with Gasteiger partial charge in [0.1, 0.15) is 43.9 Å². The number of hydrogen-bond donors (Lipinski definition) is 3. The van der Waals surface area contributed by atoms with Gasteiger partial charge in [0.2, 0.25) is 0 Å². The quantitative estimate of drug-likeness (QED) is 0.338. The number of ether oxygens (including phenoxy) is 1. The van der Waals surface area contributed by atoms with E-state index >= 15 is 0 Å². The van der Waals surface area contributed by atoms with E-state index in [-0.39, 0.29) is 18.1 Å². The van der Waals surface area contributed by atoms with E-state index in [9.17, 15) is 4.79 Å². The van der Waals surface area contributed by atoms with E-state index in [1.165, 1.54) is 0 Å². The van der Waals surface area contributed by atoms with Crippen molar-refractivity contribution in [3.05, 3.63) is 35.5 Å². The Morgan fingerprint density at radius 2 is 2.12 bits per heavy atom. The Bertz CT molecular complexity index is 1450. The van der Waals surface area contributed by atoms with Crippen LogP contribution in [0.4, 0.5) is 17.3 Å². The molecular weight excluding hydrogens is 432 g/mol. The van der Waals surface area contributed by atoms with Crippen LogP contribution in [0.1, 0.15) is 35.2 Å². The van der Waals surface area contributed by atoms with Crippen molar-refractivity contribution < 1.29 is 9.53 Å². The first-order valence-electron chi connectivity index (χ1n) is 11.5. The fourth-order valence-electron chi connectivity index (χ4n) is 5.07. The average molecular weight is 457 g/mol. The van der Waals surface area contributed by atoms with Gasteiger partial charge in [0.05, 0.1) is 24.0 Å². The normalized spacial score (nSPS) is 21.8. The molecule has 3 N–H and O–H groups in total. The third-order valence-corrected chi connectivity index (χ3v) is 6.85. The Kier molecular flexibility index (Phi) is 4.60. The monoisotopic (exact) mass is 457 g/mol. The summed E-state index contributed by atoms with van der Waals surface area (Å²) in [5, 5.41) is 22.2. The minimum Gasteiger partial charge on any atom is -0.383 e. The molecule has 4 bridgehead atoms. The van der Waals surface area contributed by atoms with Crippen LogP contribution in [0.25, 0.3) is 16.7 Å². The van der Waals surface area contributed by atoms with Crippen molar-refractivity contribution in [2.24, 2.45) is 7.05 Å². The van der Waals surface area contributed by atoms with Crippen LogP contribution in [0.15, 0.2) is 24.4 Å². The number of fused-ring (bicyclic) bond motifs is 6. The third-order valence-electron chi connectivity index (χ3n) is 6.85. The summed E-state index contributed by atoms with van der Waals surface area (Å²) in [5.74, 6) is 1.07. The van der Waals surface area contributed by atoms with Gasteiger partial charge in [-0.3, -0.25) is 4.79 Å². The Balaban J connectivity index is 1.60. The molecule has 0 radical (unpaired) electrons. The van der Waals surface area contributed by atoms with Crippen LogP contribution in [0, 0.1) is 0 Å². The zero-order valence-electron chi connectivity index (χ0n) is 19.6. The zero-order chi connectivity index (χ0) is 23.6. The zero-order valence-corrected chi connectivity index (χ0v) is 19.6. The molecular formula is C21H25B2N9O2. The van der Waals surface area contributed by atoms with Gasteiger partial charge in [-0.2, -0.15) is 9.61 Å². The Morgan fingerprint density at radius 3 is 2.94 bits per heavy atom. The maximum absolute atomic E-state index is 13.3. The Morgan fingerprint density at radius 1 is 1.26 bits per heavy atom. The molecule has 1 aliphatic heterocycles. The van der Waals surface area contributed by atoms with E-state index in [1.54, 1.807) is 15.4 Å². The maximum Gasteiger partial charge on any atom is 0.257 e. The number of amides is 1. The second-order valence-electron chi connectivity index (χ2n) is 9.48. The lowest BCUT2D eigenvalue weighted by Gasteiger charge is -2.33. The van der Waals surface area contributed by atoms with Gasteiger partial charge in [-0.05, 0) is 37.0 Å². The van der Waals surface area contributed by atoms with E-state index in [4.69, 9.17) is 9.72 Å². The van der Waals surface area contributed by atoms with E-state index < -0.39 is 5.40 Å². The van der Waals surface area contributed by atoms with Gasteiger partial charge in [0, 0.05) is 25.6 Å². The lowest BCUT2D eigenvalue weighted by molar-refractivity contribution is -0.00587. The third kappa shape index (κ3) is 3.22. The summed E-state index contributed by atoms with van der Waals surface area (Å²) < 4.78 is 10.0. The lowest BCUT2D eigenvalue weighted by atomic mass is 9.61. The van der Waals surface area contributed by atoms with E-state index in [1.807, 2.05) is 26.2 Å². The van der Waals surface area contributed by atoms with Crippen LogP contribution in [-0.2, 0) is 17.2 Å². The Labute approximate surface area is 197 Å². The van der Waals surface area contributed by atoms with Gasteiger partial charge in [0.25, 0.3) is 5.91 Å². The molecule has 1 aliphatic carbocycles. The van der Waals surface area contributed by atoms with Crippen molar-refractivity contribution in [1.29, 1.82) is 0 Å². The molecule has 1 aromatic carbocycles. The molecule has 4 heterocycles. The standard InChI is InChI=1S/C21H25B2N9O2/c1-24-17-8-16-26-13-6-10(7-14-18(13)31(2)30-29-14)21(22,23)34-15-5-3-4-12(15)27-20(33)11-9-25-32(17)19(11)28-16/h6-9,12,15,24H,3-5,22-23H2,1-2H3,(H,26,28)(H,27,33)/t12-,15+/m1/s1. The van der Waals surface area contributed by atoms with E-state index in [0.29, 0.717) is 22.8 Å². The first-order chi connectivity index (χ1) is 16.3. The van der Waals surface area contributed by atoms with Crippen molar-refractivity contribution in [2.45, 2.75) is 36.8 Å². The first-order valence-corrected chi connectivity index (χ1v) is 11.5. The summed E-state index contributed by atoms with van der Waals surface area (Å²) in [7, 11) is 7.77. The second kappa shape index (κ2) is 7.45. The lowest BCUT2D eigenvalue weighted by Crippen LogP contribution is -2.45. The summed E-state index contributed by atoms with van der Waals surface area (Å²) in [6.45, 7) is 0. The molecule has 6 rings (SSSR count). The molecule has 0 saturated heterocycles. The van der Waals surface area contributed by atoms with Crippen LogP contribution in [0.2, 0.25) is 0 Å². The van der Waals surface area contributed by atoms with Gasteiger partial charge >= 0.3 is 0 Å². The van der Waals surface area contributed by atoms with Crippen molar-refractivity contribution in [2.75, 3.05) is 17.7 Å². The molecule has 1 saturated carbocycles. The van der Waals surface area contributed by atoms with E-state index in [2.05, 4.69) is 53.1 Å².